The number of allylic oxidation sites excluding steroid dienone is 4. The van der Waals surface area contributed by atoms with Gasteiger partial charge in [-0.3, -0.25) is 9.35 Å². The number of ether oxygens (including phenoxy) is 2. The molecule has 12 nitrogen and oxygen atoms in total. The van der Waals surface area contributed by atoms with E-state index < -0.39 is 59.9 Å². The lowest BCUT2D eigenvalue weighted by Gasteiger charge is -2.41. The monoisotopic (exact) mass is 1130 g/mol. The van der Waals surface area contributed by atoms with Crippen molar-refractivity contribution in [2.75, 3.05) is 13.2 Å². The van der Waals surface area contributed by atoms with Crippen molar-refractivity contribution in [3.05, 3.63) is 24.3 Å². The first-order chi connectivity index (χ1) is 38.0. The molecule has 1 saturated heterocycles. The molecule has 13 heteroatoms. The molecule has 0 aromatic heterocycles. The van der Waals surface area contributed by atoms with E-state index in [1.165, 1.54) is 244 Å². The zero-order valence-electron chi connectivity index (χ0n) is 50.5. The highest BCUT2D eigenvalue weighted by Crippen LogP contribution is 2.26. The maximum absolute atomic E-state index is 13.2. The minimum Gasteiger partial charge on any atom is -0.394 e. The van der Waals surface area contributed by atoms with Crippen LogP contribution in [0.15, 0.2) is 24.3 Å². The van der Waals surface area contributed by atoms with Gasteiger partial charge >= 0.3 is 10.4 Å². The molecular weight excluding hydrogens is 1000 g/mol. The quantitative estimate of drug-likeness (QED) is 0.0193. The summed E-state index contributed by atoms with van der Waals surface area (Å²) in [4.78, 5) is 13.2. The number of carbonyl (C=O) groups is 1. The maximum atomic E-state index is 13.2. The SMILES string of the molecule is CCCCCCCCCCC/C=C\C/C=C\CCCCCCCCCCCCCCCC(=O)NC(COC1OC(CO)C(O)C(OS(=O)(=O)O)C1O)C(O)CCCCCCCCCCCCCCCCCCCCCCCC. The molecule has 1 rings (SSSR count). The Hall–Kier alpha value is -1.42. The molecule has 462 valence electrons. The van der Waals surface area contributed by atoms with Crippen LogP contribution >= 0.6 is 0 Å². The lowest BCUT2D eigenvalue weighted by atomic mass is 9.99. The van der Waals surface area contributed by atoms with Gasteiger partial charge in [-0.15, -0.1) is 0 Å². The molecule has 1 aliphatic rings. The van der Waals surface area contributed by atoms with Crippen LogP contribution in [0.25, 0.3) is 0 Å². The molecule has 0 spiro atoms. The molecule has 1 aliphatic heterocycles. The Morgan fingerprint density at radius 3 is 1.22 bits per heavy atom. The third kappa shape index (κ3) is 46.1. The second-order valence-corrected chi connectivity index (χ2v) is 24.5. The summed E-state index contributed by atoms with van der Waals surface area (Å²) in [6.07, 6.45) is 60.5. The molecule has 0 bridgehead atoms. The van der Waals surface area contributed by atoms with Gasteiger partial charge in [0, 0.05) is 6.42 Å². The van der Waals surface area contributed by atoms with Crippen LogP contribution in [-0.4, -0.2) is 95.4 Å². The summed E-state index contributed by atoms with van der Waals surface area (Å²) in [7, 11) is -5.08. The van der Waals surface area contributed by atoms with Crippen LogP contribution in [-0.2, 0) is 28.9 Å². The first kappa shape index (κ1) is 74.6. The highest BCUT2D eigenvalue weighted by molar-refractivity contribution is 7.80. The van der Waals surface area contributed by atoms with Crippen LogP contribution < -0.4 is 5.32 Å². The number of hydrogen-bond acceptors (Lipinski definition) is 10. The van der Waals surface area contributed by atoms with Crippen molar-refractivity contribution < 1.29 is 51.8 Å². The van der Waals surface area contributed by atoms with Crippen LogP contribution in [0.3, 0.4) is 0 Å². The molecule has 0 radical (unpaired) electrons. The number of hydrogen-bond donors (Lipinski definition) is 6. The Labute approximate surface area is 480 Å². The van der Waals surface area contributed by atoms with Crippen LogP contribution in [0.5, 0.6) is 0 Å². The third-order valence-electron chi connectivity index (χ3n) is 16.0. The average molecular weight is 1130 g/mol. The Morgan fingerprint density at radius 1 is 0.513 bits per heavy atom. The van der Waals surface area contributed by atoms with Crippen LogP contribution in [0.4, 0.5) is 0 Å². The van der Waals surface area contributed by atoms with Crippen molar-refractivity contribution in [3.8, 4) is 0 Å². The van der Waals surface area contributed by atoms with Crippen molar-refractivity contribution in [3.63, 3.8) is 0 Å². The number of aliphatic hydroxyl groups excluding tert-OH is 4. The van der Waals surface area contributed by atoms with Gasteiger partial charge in [0.1, 0.15) is 24.4 Å². The van der Waals surface area contributed by atoms with Crippen molar-refractivity contribution >= 4 is 16.3 Å². The summed E-state index contributed by atoms with van der Waals surface area (Å²) < 4.78 is 48.1. The van der Waals surface area contributed by atoms with Gasteiger partial charge in [0.15, 0.2) is 6.29 Å². The van der Waals surface area contributed by atoms with Gasteiger partial charge in [-0.1, -0.05) is 301 Å². The number of rotatable bonds is 59. The number of carbonyl (C=O) groups excluding carboxylic acids is 1. The van der Waals surface area contributed by atoms with Gasteiger partial charge in [0.25, 0.3) is 0 Å². The Kier molecular flexibility index (Phi) is 52.4. The molecule has 0 aliphatic carbocycles. The number of aliphatic hydroxyl groups is 4. The summed E-state index contributed by atoms with van der Waals surface area (Å²) in [5, 5.41) is 45.3. The van der Waals surface area contributed by atoms with E-state index in [4.69, 9.17) is 9.47 Å². The van der Waals surface area contributed by atoms with Crippen molar-refractivity contribution in [1.82, 2.24) is 5.32 Å². The summed E-state index contributed by atoms with van der Waals surface area (Å²) in [6.45, 7) is 3.51. The van der Waals surface area contributed by atoms with E-state index >= 15 is 0 Å². The van der Waals surface area contributed by atoms with E-state index in [0.717, 1.165) is 57.8 Å². The molecular formula is C65H125NO11S. The molecule has 0 aromatic carbocycles. The Morgan fingerprint density at radius 2 is 0.859 bits per heavy atom. The van der Waals surface area contributed by atoms with Gasteiger partial charge in [0.2, 0.25) is 5.91 Å². The minimum absolute atomic E-state index is 0.225. The second kappa shape index (κ2) is 54.8. The largest absolute Gasteiger partial charge is 0.397 e. The number of nitrogens with one attached hydrogen (secondary N) is 1. The lowest BCUT2D eigenvalue weighted by Crippen LogP contribution is -2.61. The summed E-state index contributed by atoms with van der Waals surface area (Å²) in [5.74, 6) is -0.225. The summed E-state index contributed by atoms with van der Waals surface area (Å²) in [5.41, 5.74) is 0. The molecule has 6 N–H and O–H groups in total. The maximum Gasteiger partial charge on any atom is 0.397 e. The zero-order valence-corrected chi connectivity index (χ0v) is 51.3. The van der Waals surface area contributed by atoms with E-state index in [-0.39, 0.29) is 12.5 Å². The van der Waals surface area contributed by atoms with E-state index in [9.17, 15) is 38.2 Å². The van der Waals surface area contributed by atoms with Gasteiger partial charge in [0.05, 0.1) is 25.4 Å². The van der Waals surface area contributed by atoms with Crippen molar-refractivity contribution in [2.24, 2.45) is 0 Å². The molecule has 0 aromatic rings. The number of amides is 1. The third-order valence-corrected chi connectivity index (χ3v) is 16.5. The first-order valence-corrected chi connectivity index (χ1v) is 34.6. The standard InChI is InChI=1S/C65H125NO11S/c1-3-5-7-9-11-13-15-17-19-21-23-25-27-28-29-30-31-32-33-35-37-39-41-43-45-47-49-51-53-55-61(69)66-58(57-75-65-63(71)64(77-78(72,73)74)62(70)60(56-67)76-65)59(68)54-52-50-48-46-44-42-40-38-36-34-26-24-22-20-18-16-14-12-10-8-6-4-2/h23,25,28-29,58-60,62-65,67-68,70-71H,3-22,24,26-27,30-57H2,1-2H3,(H,66,69)(H,72,73,74)/b25-23-,29-28-. The van der Waals surface area contributed by atoms with Crippen LogP contribution in [0.1, 0.15) is 328 Å². The average Bonchev–Trinajstić information content (AvgIpc) is 3.45. The molecule has 1 heterocycles. The van der Waals surface area contributed by atoms with E-state index in [1.54, 1.807) is 0 Å². The Balaban J connectivity index is 2.27. The predicted molar refractivity (Wildman–Crippen MR) is 324 cm³/mol. The fraction of sp³-hybridized carbons (Fsp3) is 0.923. The lowest BCUT2D eigenvalue weighted by molar-refractivity contribution is -0.298. The highest BCUT2D eigenvalue weighted by atomic mass is 32.3. The predicted octanol–water partition coefficient (Wildman–Crippen LogP) is 16.7. The molecule has 1 amide bonds. The summed E-state index contributed by atoms with van der Waals surface area (Å²) >= 11 is 0. The van der Waals surface area contributed by atoms with Crippen LogP contribution in [0, 0.1) is 0 Å². The van der Waals surface area contributed by atoms with Gasteiger partial charge in [-0.2, -0.15) is 8.42 Å². The van der Waals surface area contributed by atoms with Gasteiger partial charge in [-0.05, 0) is 44.9 Å². The molecule has 78 heavy (non-hydrogen) atoms. The van der Waals surface area contributed by atoms with Gasteiger partial charge in [-0.25, -0.2) is 4.18 Å². The smallest absolute Gasteiger partial charge is 0.394 e. The fourth-order valence-corrected chi connectivity index (χ4v) is 11.4. The van der Waals surface area contributed by atoms with Crippen molar-refractivity contribution in [2.45, 2.75) is 371 Å². The van der Waals surface area contributed by atoms with E-state index in [2.05, 4.69) is 47.7 Å². The summed E-state index contributed by atoms with van der Waals surface area (Å²) in [6, 6.07) is -0.859. The molecule has 7 atom stereocenters. The normalized spacial score (nSPS) is 18.9. The number of unbranched alkanes of at least 4 members (excludes halogenated alkanes) is 43. The van der Waals surface area contributed by atoms with E-state index in [1.807, 2.05) is 0 Å². The highest BCUT2D eigenvalue weighted by Gasteiger charge is 2.48. The topological polar surface area (TPSA) is 192 Å². The minimum atomic E-state index is -5.08. The molecule has 7 unspecified atom stereocenters. The van der Waals surface area contributed by atoms with Crippen LogP contribution in [0.2, 0.25) is 0 Å². The molecule has 0 saturated carbocycles. The van der Waals surface area contributed by atoms with Crippen molar-refractivity contribution in [1.29, 1.82) is 0 Å². The molecule has 1 fully saturated rings. The van der Waals surface area contributed by atoms with Gasteiger partial charge < -0.3 is 35.2 Å². The Bertz CT molecular complexity index is 1470. The zero-order chi connectivity index (χ0) is 56.8. The van der Waals surface area contributed by atoms with E-state index in [0.29, 0.717) is 12.8 Å². The first-order valence-electron chi connectivity index (χ1n) is 33.2. The fourth-order valence-electron chi connectivity index (χ4n) is 10.9. The second-order valence-electron chi connectivity index (χ2n) is 23.4.